The molecule has 0 saturated carbocycles. The maximum Gasteiger partial charge on any atom is 0.282 e. The van der Waals surface area contributed by atoms with Crippen molar-refractivity contribution in [2.75, 3.05) is 11.7 Å². The highest BCUT2D eigenvalue weighted by molar-refractivity contribution is 9.10. The van der Waals surface area contributed by atoms with Gasteiger partial charge in [0.2, 0.25) is 6.79 Å². The molecule has 0 aliphatic carbocycles. The fraction of sp³-hybridized carbons (Fsp3) is 0.125. The van der Waals surface area contributed by atoms with Gasteiger partial charge in [-0.15, -0.1) is 0 Å². The smallest absolute Gasteiger partial charge is 0.282 e. The second kappa shape index (κ2) is 7.64. The number of nitro benzene ring substituents is 1. The van der Waals surface area contributed by atoms with Crippen LogP contribution < -0.4 is 14.4 Å². The number of β-lactam (4-membered cyclic amide) rings is 1. The van der Waals surface area contributed by atoms with E-state index in [4.69, 9.17) is 9.47 Å². The largest absolute Gasteiger partial charge is 0.454 e. The number of carbonyl (C=O) groups excluding carboxylic acids is 3. The zero-order valence-electron chi connectivity index (χ0n) is 17.7. The molecule has 3 aliphatic rings. The molecule has 1 fully saturated rings. The van der Waals surface area contributed by atoms with Crippen LogP contribution in [0.1, 0.15) is 32.3 Å². The van der Waals surface area contributed by atoms with Gasteiger partial charge in [0, 0.05) is 16.2 Å². The fourth-order valence-corrected chi connectivity index (χ4v) is 5.00. The SMILES string of the molecule is O=C1c2cccc([N+](=O)[O-])c2C(=O)N1[C@H]1C(=O)N(c2ccc(Br)cc2)[C@H]1c1ccc2c(c1)OCO2. The third-order valence-corrected chi connectivity index (χ3v) is 6.84. The van der Waals surface area contributed by atoms with Crippen LogP contribution in [0.15, 0.2) is 65.1 Å². The van der Waals surface area contributed by atoms with Crippen molar-refractivity contribution >= 4 is 45.0 Å². The maximum atomic E-state index is 13.5. The summed E-state index contributed by atoms with van der Waals surface area (Å²) in [5.41, 5.74) is 0.317. The van der Waals surface area contributed by atoms with Crippen molar-refractivity contribution < 1.29 is 28.8 Å². The van der Waals surface area contributed by atoms with Gasteiger partial charge < -0.3 is 14.4 Å². The first-order valence-corrected chi connectivity index (χ1v) is 11.3. The summed E-state index contributed by atoms with van der Waals surface area (Å²) in [6.45, 7) is 0.0598. The Hall–Kier alpha value is -4.25. The number of nitro groups is 1. The number of carbonyl (C=O) groups is 3. The second-order valence-electron chi connectivity index (χ2n) is 8.12. The maximum absolute atomic E-state index is 13.5. The van der Waals surface area contributed by atoms with Gasteiger partial charge in [-0.3, -0.25) is 29.4 Å². The summed E-state index contributed by atoms with van der Waals surface area (Å²) >= 11 is 3.37. The number of nitrogens with zero attached hydrogens (tertiary/aromatic N) is 3. The molecule has 3 aromatic rings. The summed E-state index contributed by atoms with van der Waals surface area (Å²) in [6.07, 6.45) is 0. The van der Waals surface area contributed by atoms with Crippen molar-refractivity contribution in [2.45, 2.75) is 12.1 Å². The quantitative estimate of drug-likeness (QED) is 0.215. The molecular formula is C24H14BrN3O7. The van der Waals surface area contributed by atoms with Crippen molar-refractivity contribution in [1.82, 2.24) is 4.90 Å². The van der Waals surface area contributed by atoms with Crippen LogP contribution in [0.2, 0.25) is 0 Å². The van der Waals surface area contributed by atoms with Crippen molar-refractivity contribution in [3.63, 3.8) is 0 Å². The van der Waals surface area contributed by atoms with Crippen molar-refractivity contribution in [3.05, 3.63) is 91.9 Å². The molecule has 0 N–H and O–H groups in total. The third-order valence-electron chi connectivity index (χ3n) is 6.31. The van der Waals surface area contributed by atoms with E-state index >= 15 is 0 Å². The first-order chi connectivity index (χ1) is 16.9. The summed E-state index contributed by atoms with van der Waals surface area (Å²) in [5.74, 6) is -1.06. The van der Waals surface area contributed by atoms with Gasteiger partial charge in [-0.05, 0) is 48.0 Å². The predicted molar refractivity (Wildman–Crippen MR) is 124 cm³/mol. The van der Waals surface area contributed by atoms with Gasteiger partial charge in [0.15, 0.2) is 11.5 Å². The number of hydrogen-bond donors (Lipinski definition) is 0. The number of halogens is 1. The van der Waals surface area contributed by atoms with E-state index in [-0.39, 0.29) is 17.9 Å². The minimum Gasteiger partial charge on any atom is -0.454 e. The molecule has 2 atom stereocenters. The molecule has 3 aliphatic heterocycles. The molecular weight excluding hydrogens is 522 g/mol. The van der Waals surface area contributed by atoms with Crippen LogP contribution in [0.4, 0.5) is 11.4 Å². The molecule has 35 heavy (non-hydrogen) atoms. The molecule has 0 aromatic heterocycles. The highest BCUT2D eigenvalue weighted by Gasteiger charge is 2.58. The lowest BCUT2D eigenvalue weighted by molar-refractivity contribution is -0.385. The zero-order valence-corrected chi connectivity index (χ0v) is 19.3. The van der Waals surface area contributed by atoms with E-state index in [1.807, 2.05) is 0 Å². The Balaban J connectivity index is 1.45. The zero-order chi connectivity index (χ0) is 24.4. The molecule has 0 bridgehead atoms. The van der Waals surface area contributed by atoms with Crippen LogP contribution in [0.25, 0.3) is 0 Å². The highest BCUT2D eigenvalue weighted by Crippen LogP contribution is 2.47. The number of benzene rings is 3. The first-order valence-electron chi connectivity index (χ1n) is 10.5. The molecule has 0 unspecified atom stereocenters. The van der Waals surface area contributed by atoms with Gasteiger partial charge in [-0.25, -0.2) is 0 Å². The van der Waals surface area contributed by atoms with Crippen molar-refractivity contribution in [3.8, 4) is 11.5 Å². The Morgan fingerprint density at radius 3 is 2.37 bits per heavy atom. The van der Waals surface area contributed by atoms with Gasteiger partial charge in [0.05, 0.1) is 16.5 Å². The standard InChI is InChI=1S/C24H14BrN3O7/c25-13-5-7-14(8-6-13)26-20(12-4-9-17-18(10-12)35-11-34-17)21(24(26)31)27-22(29)15-2-1-3-16(28(32)33)19(15)23(27)30/h1-10,20-21H,11H2/t20-,21+/m0/s1. The molecule has 1 saturated heterocycles. The molecule has 6 rings (SSSR count). The van der Waals surface area contributed by atoms with Gasteiger partial charge >= 0.3 is 0 Å². The summed E-state index contributed by atoms with van der Waals surface area (Å²) in [4.78, 5) is 53.2. The Bertz CT molecular complexity index is 1460. The lowest BCUT2D eigenvalue weighted by Gasteiger charge is -2.49. The topological polar surface area (TPSA) is 119 Å². The Labute approximate surface area is 205 Å². The van der Waals surface area contributed by atoms with Gasteiger partial charge in [-0.2, -0.15) is 0 Å². The molecule has 0 radical (unpaired) electrons. The second-order valence-corrected chi connectivity index (χ2v) is 9.04. The van der Waals surface area contributed by atoms with E-state index in [1.165, 1.54) is 23.1 Å². The predicted octanol–water partition coefficient (Wildman–Crippen LogP) is 3.84. The van der Waals surface area contributed by atoms with E-state index < -0.39 is 40.4 Å². The molecule has 174 valence electrons. The Morgan fingerprint density at radius 1 is 0.886 bits per heavy atom. The van der Waals surface area contributed by atoms with Crippen molar-refractivity contribution in [2.24, 2.45) is 0 Å². The minimum absolute atomic E-state index is 0.0598. The van der Waals surface area contributed by atoms with E-state index in [0.29, 0.717) is 22.7 Å². The van der Waals surface area contributed by atoms with Crippen LogP contribution in [0.5, 0.6) is 11.5 Å². The number of fused-ring (bicyclic) bond motifs is 2. The summed E-state index contributed by atoms with van der Waals surface area (Å²) in [6, 6.07) is 14.1. The van der Waals surface area contributed by atoms with E-state index in [0.717, 1.165) is 9.37 Å². The Kier molecular flexibility index (Phi) is 4.65. The van der Waals surface area contributed by atoms with Crippen LogP contribution in [0.3, 0.4) is 0 Å². The monoisotopic (exact) mass is 535 g/mol. The molecule has 3 amide bonds. The summed E-state index contributed by atoms with van der Waals surface area (Å²) in [7, 11) is 0. The van der Waals surface area contributed by atoms with E-state index in [1.54, 1.807) is 42.5 Å². The van der Waals surface area contributed by atoms with Gasteiger partial charge in [-0.1, -0.05) is 28.1 Å². The van der Waals surface area contributed by atoms with Crippen LogP contribution in [0, 0.1) is 10.1 Å². The molecule has 0 spiro atoms. The lowest BCUT2D eigenvalue weighted by Crippen LogP contribution is -2.67. The van der Waals surface area contributed by atoms with Crippen LogP contribution >= 0.6 is 15.9 Å². The average Bonchev–Trinajstić information content (AvgIpc) is 3.41. The van der Waals surface area contributed by atoms with Gasteiger partial charge in [0.1, 0.15) is 11.6 Å². The minimum atomic E-state index is -1.19. The number of rotatable bonds is 4. The molecule has 11 heteroatoms. The van der Waals surface area contributed by atoms with Crippen molar-refractivity contribution in [1.29, 1.82) is 0 Å². The van der Waals surface area contributed by atoms with Crippen LogP contribution in [-0.2, 0) is 4.79 Å². The first kappa shape index (κ1) is 21.3. The lowest BCUT2D eigenvalue weighted by atomic mass is 9.86. The number of anilines is 1. The van der Waals surface area contributed by atoms with Gasteiger partial charge in [0.25, 0.3) is 23.4 Å². The summed E-state index contributed by atoms with van der Waals surface area (Å²) in [5, 5.41) is 11.5. The summed E-state index contributed by atoms with van der Waals surface area (Å²) < 4.78 is 11.7. The number of ether oxygens (including phenoxy) is 2. The number of imide groups is 1. The number of hydrogen-bond acceptors (Lipinski definition) is 7. The normalized spacial score (nSPS) is 20.2. The third kappa shape index (κ3) is 3.04. The van der Waals surface area contributed by atoms with Crippen LogP contribution in [-0.4, -0.2) is 40.4 Å². The number of amides is 3. The highest BCUT2D eigenvalue weighted by atomic mass is 79.9. The molecule has 3 aromatic carbocycles. The van der Waals surface area contributed by atoms with E-state index in [2.05, 4.69) is 15.9 Å². The Morgan fingerprint density at radius 2 is 1.63 bits per heavy atom. The molecule has 3 heterocycles. The average molecular weight is 536 g/mol. The van der Waals surface area contributed by atoms with E-state index in [9.17, 15) is 24.5 Å². The fourth-order valence-electron chi connectivity index (χ4n) is 4.73. The molecule has 10 nitrogen and oxygen atoms in total.